The van der Waals surface area contributed by atoms with Gasteiger partial charge in [-0.2, -0.15) is 17.2 Å². The van der Waals surface area contributed by atoms with Crippen molar-refractivity contribution in [2.75, 3.05) is 0 Å². The van der Waals surface area contributed by atoms with E-state index >= 15 is 0 Å². The fourth-order valence-corrected chi connectivity index (χ4v) is 2.15. The number of rotatable bonds is 1. The minimum atomic E-state index is 0. The first-order chi connectivity index (χ1) is 10.2. The van der Waals surface area contributed by atoms with E-state index in [0.717, 1.165) is 5.69 Å². The van der Waals surface area contributed by atoms with Crippen molar-refractivity contribution in [3.8, 4) is 5.69 Å². The fourth-order valence-electron chi connectivity index (χ4n) is 2.15. The van der Waals surface area contributed by atoms with Crippen molar-refractivity contribution in [2.24, 2.45) is 0 Å². The van der Waals surface area contributed by atoms with Crippen LogP contribution in [0.2, 0.25) is 0 Å². The van der Waals surface area contributed by atoms with E-state index in [1.165, 1.54) is 21.9 Å². The largest absolute Gasteiger partial charge is 4.00 e. The van der Waals surface area contributed by atoms with Crippen LogP contribution in [0, 0.1) is 13.8 Å². The van der Waals surface area contributed by atoms with Crippen LogP contribution in [0.5, 0.6) is 0 Å². The Kier molecular flexibility index (Phi) is 9.99. The van der Waals surface area contributed by atoms with E-state index in [1.54, 1.807) is 11.0 Å². The van der Waals surface area contributed by atoms with Gasteiger partial charge >= 0.3 is 26.2 Å². The molecule has 7 heteroatoms. The van der Waals surface area contributed by atoms with Gasteiger partial charge in [-0.3, -0.25) is 0 Å². The van der Waals surface area contributed by atoms with Crippen molar-refractivity contribution in [1.29, 1.82) is 0 Å². The van der Waals surface area contributed by atoms with Gasteiger partial charge in [0, 0.05) is 0 Å². The average molecular weight is 438 g/mol. The van der Waals surface area contributed by atoms with Gasteiger partial charge in [-0.05, 0) is 16.1 Å². The van der Waals surface area contributed by atoms with Crippen LogP contribution in [-0.4, -0.2) is 20.2 Å². The zero-order chi connectivity index (χ0) is 14.7. The van der Waals surface area contributed by atoms with Gasteiger partial charge in [0.15, 0.2) is 0 Å². The van der Waals surface area contributed by atoms with Gasteiger partial charge in [0.1, 0.15) is 6.33 Å². The van der Waals surface area contributed by atoms with Gasteiger partial charge in [0.2, 0.25) is 0 Å². The van der Waals surface area contributed by atoms with Crippen LogP contribution >= 0.6 is 0 Å². The van der Waals surface area contributed by atoms with E-state index < -0.39 is 0 Å². The number of hydrogen-bond donors (Lipinski definition) is 0. The molecule has 0 atom stereocenters. The Balaban J connectivity index is 0.000000463. The van der Waals surface area contributed by atoms with Crippen LogP contribution in [0.3, 0.4) is 0 Å². The molecule has 4 rings (SSSR count). The standard InChI is InChI=1S/C10H7N4.C7H9.2ClH.Zr/c1-2-4-9-6-10(5-8(9)3-1)14-7-11-12-13-14;1-6-4-3-5-7(6)2;;;/h1-7H;3-5H,1-2H3;2*1H;/q2*-1;;;+4/p-2. The third-order valence-corrected chi connectivity index (χ3v) is 3.53. The summed E-state index contributed by atoms with van der Waals surface area (Å²) in [7, 11) is 0. The number of benzene rings is 1. The van der Waals surface area contributed by atoms with Crippen LogP contribution in [-0.2, 0) is 26.2 Å². The molecule has 0 bridgehead atoms. The van der Waals surface area contributed by atoms with Crippen molar-refractivity contribution in [3.05, 3.63) is 72.1 Å². The smallest absolute Gasteiger partial charge is 1.00 e. The van der Waals surface area contributed by atoms with Crippen LogP contribution in [0.25, 0.3) is 16.5 Å². The molecule has 0 N–H and O–H groups in total. The van der Waals surface area contributed by atoms with Gasteiger partial charge in [0.25, 0.3) is 0 Å². The normalized spacial score (nSPS) is 9.08. The summed E-state index contributed by atoms with van der Waals surface area (Å²) in [4.78, 5) is 0. The molecular weight excluding hydrogens is 422 g/mol. The van der Waals surface area contributed by atoms with Crippen LogP contribution in [0.1, 0.15) is 11.1 Å². The van der Waals surface area contributed by atoms with Gasteiger partial charge in [-0.15, -0.1) is 46.2 Å². The molecule has 0 aliphatic rings. The molecule has 0 aliphatic carbocycles. The molecule has 0 saturated heterocycles. The predicted octanol–water partition coefficient (Wildman–Crippen LogP) is -2.44. The summed E-state index contributed by atoms with van der Waals surface area (Å²) in [5, 5.41) is 13.5. The summed E-state index contributed by atoms with van der Waals surface area (Å²) >= 11 is 0. The molecule has 1 heterocycles. The Labute approximate surface area is 172 Å². The second kappa shape index (κ2) is 10.6. The summed E-state index contributed by atoms with van der Waals surface area (Å²) in [5.74, 6) is 0. The van der Waals surface area contributed by atoms with E-state index in [-0.39, 0.29) is 51.0 Å². The van der Waals surface area contributed by atoms with Crippen molar-refractivity contribution in [1.82, 2.24) is 20.2 Å². The van der Waals surface area contributed by atoms with Crippen LogP contribution < -0.4 is 24.8 Å². The number of aryl methyl sites for hydroxylation is 2. The third-order valence-electron chi connectivity index (χ3n) is 3.53. The van der Waals surface area contributed by atoms with Gasteiger partial charge in [-0.1, -0.05) is 19.9 Å². The molecule has 0 fully saturated rings. The zero-order valence-corrected chi connectivity index (χ0v) is 17.3. The molecule has 0 spiro atoms. The van der Waals surface area contributed by atoms with E-state index in [1.807, 2.05) is 12.1 Å². The summed E-state index contributed by atoms with van der Waals surface area (Å²) < 4.78 is 1.65. The van der Waals surface area contributed by atoms with Crippen molar-refractivity contribution in [3.63, 3.8) is 0 Å². The van der Waals surface area contributed by atoms with E-state index in [0.29, 0.717) is 0 Å². The SMILES string of the molecule is Cc1ccc[c-]1C.[Cl-].[Cl-].[Zr+4].c1ccc2[cH-]c(-n3cnnn3)cc2c1. The topological polar surface area (TPSA) is 43.6 Å². The second-order valence-corrected chi connectivity index (χ2v) is 4.99. The first-order valence-electron chi connectivity index (χ1n) is 6.82. The van der Waals surface area contributed by atoms with E-state index in [2.05, 4.69) is 71.8 Å². The monoisotopic (exact) mass is 436 g/mol. The number of tetrazole rings is 1. The minimum absolute atomic E-state index is 0. The van der Waals surface area contributed by atoms with Crippen LogP contribution in [0.4, 0.5) is 0 Å². The van der Waals surface area contributed by atoms with Gasteiger partial charge in [0.05, 0.1) is 0 Å². The number of aromatic nitrogens is 4. The Bertz CT molecular complexity index is 788. The maximum Gasteiger partial charge on any atom is 4.00 e. The summed E-state index contributed by atoms with van der Waals surface area (Å²) in [6.07, 6.45) is 1.59. The number of fused-ring (bicyclic) bond motifs is 1. The Morgan fingerprint density at radius 1 is 1.08 bits per heavy atom. The van der Waals surface area contributed by atoms with E-state index in [4.69, 9.17) is 0 Å². The minimum Gasteiger partial charge on any atom is -1.00 e. The molecule has 4 aromatic rings. The first kappa shape index (κ1) is 22.7. The maximum atomic E-state index is 3.84. The first-order valence-corrected chi connectivity index (χ1v) is 6.82. The molecule has 3 aromatic carbocycles. The zero-order valence-electron chi connectivity index (χ0n) is 13.3. The Hall–Kier alpha value is -1.29. The van der Waals surface area contributed by atoms with Gasteiger partial charge < -0.3 is 24.8 Å². The van der Waals surface area contributed by atoms with Crippen molar-refractivity contribution < 1.29 is 51.0 Å². The van der Waals surface area contributed by atoms with Crippen LogP contribution in [0.15, 0.2) is 60.9 Å². The molecule has 0 radical (unpaired) electrons. The predicted molar refractivity (Wildman–Crippen MR) is 83.8 cm³/mol. The molecule has 24 heavy (non-hydrogen) atoms. The molecule has 0 unspecified atom stereocenters. The summed E-state index contributed by atoms with van der Waals surface area (Å²) in [6, 6.07) is 18.6. The van der Waals surface area contributed by atoms with E-state index in [9.17, 15) is 0 Å². The Morgan fingerprint density at radius 2 is 1.83 bits per heavy atom. The Morgan fingerprint density at radius 3 is 2.33 bits per heavy atom. The summed E-state index contributed by atoms with van der Waals surface area (Å²) in [6.45, 7) is 4.24. The van der Waals surface area contributed by atoms with Crippen molar-refractivity contribution >= 4 is 10.8 Å². The fraction of sp³-hybridized carbons (Fsp3) is 0.118. The maximum absolute atomic E-state index is 3.84. The molecule has 1 aromatic heterocycles. The number of nitrogens with zero attached hydrogens (tertiary/aromatic N) is 4. The quantitative estimate of drug-likeness (QED) is 0.311. The van der Waals surface area contributed by atoms with Gasteiger partial charge in [-0.25, -0.2) is 16.8 Å². The summed E-state index contributed by atoms with van der Waals surface area (Å²) in [5.41, 5.74) is 3.77. The number of halogens is 2. The molecular formula is C17H16Cl2N4Zr. The molecule has 122 valence electrons. The molecule has 4 nitrogen and oxygen atoms in total. The van der Waals surface area contributed by atoms with Crippen molar-refractivity contribution in [2.45, 2.75) is 13.8 Å². The number of hydrogen-bond acceptors (Lipinski definition) is 3. The average Bonchev–Trinajstić information content (AvgIpc) is 3.21. The molecule has 0 amide bonds. The third kappa shape index (κ3) is 5.37. The molecule has 0 aliphatic heterocycles. The second-order valence-electron chi connectivity index (χ2n) is 4.99. The molecule has 0 saturated carbocycles.